The van der Waals surface area contributed by atoms with E-state index in [-0.39, 0.29) is 0 Å². The molecule has 0 fully saturated rings. The Morgan fingerprint density at radius 2 is 1.80 bits per heavy atom. The lowest BCUT2D eigenvalue weighted by atomic mass is 10.4. The van der Waals surface area contributed by atoms with E-state index < -0.39 is 0 Å². The minimum atomic E-state index is 0.515. The zero-order chi connectivity index (χ0) is 11.4. The zero-order valence-corrected chi connectivity index (χ0v) is 10.9. The number of rotatable bonds is 4. The molecule has 0 aliphatic heterocycles. The fraction of sp³-hybridized carbons (Fsp3) is 0.636. The first-order valence-electron chi connectivity index (χ1n) is 5.11. The summed E-state index contributed by atoms with van der Waals surface area (Å²) >= 11 is 1.74. The van der Waals surface area contributed by atoms with E-state index in [1.54, 1.807) is 11.8 Å². The molecule has 0 aromatic carbocycles. The summed E-state index contributed by atoms with van der Waals surface area (Å²) in [6, 6.07) is 2.00. The molecule has 0 radical (unpaired) electrons. The van der Waals surface area contributed by atoms with Crippen LogP contribution in [0.5, 0.6) is 0 Å². The molecule has 0 saturated heterocycles. The van der Waals surface area contributed by atoms with Gasteiger partial charge in [-0.3, -0.25) is 0 Å². The van der Waals surface area contributed by atoms with E-state index >= 15 is 0 Å². The Labute approximate surface area is 96.3 Å². The van der Waals surface area contributed by atoms with Gasteiger partial charge in [-0.05, 0) is 34.0 Å². The van der Waals surface area contributed by atoms with E-state index in [0.29, 0.717) is 5.25 Å². The van der Waals surface area contributed by atoms with Gasteiger partial charge >= 0.3 is 0 Å². The second-order valence-corrected chi connectivity index (χ2v) is 5.53. The molecule has 4 heteroatoms. The molecule has 1 rings (SSSR count). The van der Waals surface area contributed by atoms with Crippen molar-refractivity contribution in [2.24, 2.45) is 0 Å². The molecule has 1 aromatic heterocycles. The average molecular weight is 225 g/mol. The Morgan fingerprint density at radius 1 is 1.27 bits per heavy atom. The topological polar surface area (TPSA) is 29.0 Å². The molecule has 1 aromatic rings. The van der Waals surface area contributed by atoms with E-state index in [0.717, 1.165) is 23.1 Å². The number of hydrogen-bond acceptors (Lipinski definition) is 4. The third-order valence-electron chi connectivity index (χ3n) is 1.89. The number of nitrogens with zero attached hydrogens (tertiary/aromatic N) is 3. The highest BCUT2D eigenvalue weighted by molar-refractivity contribution is 7.99. The van der Waals surface area contributed by atoms with Crippen LogP contribution in [0.25, 0.3) is 0 Å². The highest BCUT2D eigenvalue weighted by Crippen LogP contribution is 2.20. The number of aryl methyl sites for hydroxylation is 2. The molecule has 0 N–H and O–H groups in total. The molecule has 0 bridgehead atoms. The summed E-state index contributed by atoms with van der Waals surface area (Å²) in [5, 5.41) is 1.41. The lowest BCUT2D eigenvalue weighted by Crippen LogP contribution is -2.21. The summed E-state index contributed by atoms with van der Waals surface area (Å²) < 4.78 is 0. The molecule has 0 saturated carbocycles. The largest absolute Gasteiger partial charge is 0.308 e. The molecule has 0 aliphatic carbocycles. The van der Waals surface area contributed by atoms with E-state index in [4.69, 9.17) is 0 Å². The SMILES string of the molecule is Cc1cc(C)nc(S[C@@H](C)CN(C)C)n1. The smallest absolute Gasteiger partial charge is 0.188 e. The summed E-state index contributed by atoms with van der Waals surface area (Å²) in [5.41, 5.74) is 2.09. The van der Waals surface area contributed by atoms with Crippen molar-refractivity contribution < 1.29 is 0 Å². The van der Waals surface area contributed by atoms with Crippen LogP contribution in [-0.4, -0.2) is 40.8 Å². The first-order chi connectivity index (χ1) is 6.97. The second-order valence-electron chi connectivity index (χ2n) is 4.12. The van der Waals surface area contributed by atoms with Crippen molar-refractivity contribution in [3.63, 3.8) is 0 Å². The molecule has 84 valence electrons. The van der Waals surface area contributed by atoms with Gasteiger partial charge in [0.25, 0.3) is 0 Å². The quantitative estimate of drug-likeness (QED) is 0.580. The zero-order valence-electron chi connectivity index (χ0n) is 10.1. The maximum atomic E-state index is 4.41. The van der Waals surface area contributed by atoms with Gasteiger partial charge in [0.05, 0.1) is 0 Å². The van der Waals surface area contributed by atoms with Gasteiger partial charge in [-0.1, -0.05) is 18.7 Å². The van der Waals surface area contributed by atoms with Crippen molar-refractivity contribution >= 4 is 11.8 Å². The van der Waals surface area contributed by atoms with Crippen molar-refractivity contribution in [3.8, 4) is 0 Å². The van der Waals surface area contributed by atoms with Gasteiger partial charge < -0.3 is 4.90 Å². The third-order valence-corrected chi connectivity index (χ3v) is 2.84. The summed E-state index contributed by atoms with van der Waals surface area (Å²) in [6.45, 7) is 7.26. The highest BCUT2D eigenvalue weighted by Gasteiger charge is 2.08. The van der Waals surface area contributed by atoms with Gasteiger partial charge in [-0.2, -0.15) is 0 Å². The van der Waals surface area contributed by atoms with E-state index in [1.807, 2.05) is 19.9 Å². The summed E-state index contributed by atoms with van der Waals surface area (Å²) in [7, 11) is 4.17. The number of hydrogen-bond donors (Lipinski definition) is 0. The fourth-order valence-corrected chi connectivity index (χ4v) is 2.60. The van der Waals surface area contributed by atoms with Crippen molar-refractivity contribution in [2.75, 3.05) is 20.6 Å². The van der Waals surface area contributed by atoms with Crippen molar-refractivity contribution in [1.29, 1.82) is 0 Å². The van der Waals surface area contributed by atoms with E-state index in [1.165, 1.54) is 0 Å². The highest BCUT2D eigenvalue weighted by atomic mass is 32.2. The van der Waals surface area contributed by atoms with Gasteiger partial charge in [0, 0.05) is 23.2 Å². The predicted octanol–water partition coefficient (Wildman–Crippen LogP) is 2.14. The molecule has 3 nitrogen and oxygen atoms in total. The second kappa shape index (κ2) is 5.47. The molecule has 15 heavy (non-hydrogen) atoms. The van der Waals surface area contributed by atoms with Crippen molar-refractivity contribution in [2.45, 2.75) is 31.2 Å². The summed E-state index contributed by atoms with van der Waals surface area (Å²) in [4.78, 5) is 11.0. The first-order valence-corrected chi connectivity index (χ1v) is 5.99. The Balaban J connectivity index is 2.63. The minimum Gasteiger partial charge on any atom is -0.308 e. The predicted molar refractivity (Wildman–Crippen MR) is 65.4 cm³/mol. The van der Waals surface area contributed by atoms with Gasteiger partial charge in [0.1, 0.15) is 0 Å². The van der Waals surface area contributed by atoms with Gasteiger partial charge in [0.15, 0.2) is 5.16 Å². The van der Waals surface area contributed by atoms with Crippen LogP contribution in [0.4, 0.5) is 0 Å². The van der Waals surface area contributed by atoms with Crippen LogP contribution in [-0.2, 0) is 0 Å². The molecular weight excluding hydrogens is 206 g/mol. The Hall–Kier alpha value is -0.610. The molecular formula is C11H19N3S. The Morgan fingerprint density at radius 3 is 2.27 bits per heavy atom. The van der Waals surface area contributed by atoms with Crippen LogP contribution in [0.15, 0.2) is 11.2 Å². The maximum absolute atomic E-state index is 4.41. The molecule has 0 unspecified atom stereocenters. The van der Waals surface area contributed by atoms with Crippen LogP contribution < -0.4 is 0 Å². The number of thioether (sulfide) groups is 1. The van der Waals surface area contributed by atoms with Crippen LogP contribution in [0.2, 0.25) is 0 Å². The molecule has 0 aliphatic rings. The molecule has 1 heterocycles. The van der Waals surface area contributed by atoms with Crippen molar-refractivity contribution in [3.05, 3.63) is 17.5 Å². The van der Waals surface area contributed by atoms with Crippen LogP contribution >= 0.6 is 11.8 Å². The van der Waals surface area contributed by atoms with Gasteiger partial charge in [0.2, 0.25) is 0 Å². The standard InChI is InChI=1S/C11H19N3S/c1-8-6-9(2)13-11(12-8)15-10(3)7-14(4)5/h6,10H,7H2,1-5H3/t10-/m0/s1. The van der Waals surface area contributed by atoms with E-state index in [9.17, 15) is 0 Å². The van der Waals surface area contributed by atoms with Crippen LogP contribution in [0.3, 0.4) is 0 Å². The van der Waals surface area contributed by atoms with Crippen molar-refractivity contribution in [1.82, 2.24) is 14.9 Å². The van der Waals surface area contributed by atoms with Gasteiger partial charge in [-0.15, -0.1) is 0 Å². The third kappa shape index (κ3) is 4.62. The molecule has 0 spiro atoms. The van der Waals surface area contributed by atoms with Gasteiger partial charge in [-0.25, -0.2) is 9.97 Å². The minimum absolute atomic E-state index is 0.515. The normalized spacial score (nSPS) is 13.2. The number of aromatic nitrogens is 2. The maximum Gasteiger partial charge on any atom is 0.188 e. The lowest BCUT2D eigenvalue weighted by molar-refractivity contribution is 0.413. The Bertz CT molecular complexity index is 305. The molecule has 1 atom stereocenters. The lowest BCUT2D eigenvalue weighted by Gasteiger charge is -2.15. The fourth-order valence-electron chi connectivity index (χ4n) is 1.48. The molecule has 0 amide bonds. The van der Waals surface area contributed by atoms with Crippen LogP contribution in [0, 0.1) is 13.8 Å². The monoisotopic (exact) mass is 225 g/mol. The van der Waals surface area contributed by atoms with E-state index in [2.05, 4.69) is 35.9 Å². The first kappa shape index (κ1) is 12.5. The average Bonchev–Trinajstić information content (AvgIpc) is 1.98. The Kier molecular flexibility index (Phi) is 4.54. The van der Waals surface area contributed by atoms with Crippen LogP contribution in [0.1, 0.15) is 18.3 Å². The summed E-state index contributed by atoms with van der Waals surface area (Å²) in [6.07, 6.45) is 0. The summed E-state index contributed by atoms with van der Waals surface area (Å²) in [5.74, 6) is 0.